The smallest absolute Gasteiger partial charge is 0.274 e. The number of hydrogen-bond donors (Lipinski definition) is 0. The Bertz CT molecular complexity index is 694. The van der Waals surface area contributed by atoms with E-state index in [9.17, 15) is 4.79 Å². The van der Waals surface area contributed by atoms with E-state index in [1.54, 1.807) is 18.6 Å². The second-order valence-corrected chi connectivity index (χ2v) is 6.92. The topological polar surface area (TPSA) is 63.9 Å². The number of hydrogen-bond acceptors (Lipinski definition) is 4. The number of aromatic nitrogens is 4. The normalized spacial score (nSPS) is 21.5. The number of piperidine rings is 1. The van der Waals surface area contributed by atoms with Crippen LogP contribution in [0.1, 0.15) is 54.3 Å². The third-order valence-corrected chi connectivity index (χ3v) is 5.28. The molecular weight excluding hydrogens is 302 g/mol. The first-order valence-corrected chi connectivity index (χ1v) is 8.87. The van der Waals surface area contributed by atoms with E-state index in [1.165, 1.54) is 19.3 Å². The molecule has 2 aromatic rings. The van der Waals surface area contributed by atoms with Crippen LogP contribution >= 0.6 is 0 Å². The lowest BCUT2D eigenvalue weighted by atomic mass is 9.85. The SMILES string of the molecule is O=C(c1cnccn1)N1CCC[C@@H](c2nccn2CC2CCC2)C1. The highest BCUT2D eigenvalue weighted by molar-refractivity contribution is 5.92. The van der Waals surface area contributed by atoms with Crippen LogP contribution in [0, 0.1) is 5.92 Å². The molecule has 2 aromatic heterocycles. The minimum absolute atomic E-state index is 0.0232. The van der Waals surface area contributed by atoms with Crippen molar-refractivity contribution in [1.82, 2.24) is 24.4 Å². The summed E-state index contributed by atoms with van der Waals surface area (Å²) in [6.07, 6.45) is 14.8. The molecule has 24 heavy (non-hydrogen) atoms. The van der Waals surface area contributed by atoms with Gasteiger partial charge in [0.25, 0.3) is 5.91 Å². The van der Waals surface area contributed by atoms with Crippen molar-refractivity contribution in [3.63, 3.8) is 0 Å². The molecule has 0 unspecified atom stereocenters. The third kappa shape index (κ3) is 3.05. The van der Waals surface area contributed by atoms with Crippen molar-refractivity contribution in [3.8, 4) is 0 Å². The second kappa shape index (κ2) is 6.71. The molecule has 1 saturated heterocycles. The van der Waals surface area contributed by atoms with Crippen molar-refractivity contribution in [2.75, 3.05) is 13.1 Å². The van der Waals surface area contributed by atoms with Crippen molar-refractivity contribution in [3.05, 3.63) is 42.5 Å². The molecule has 0 aromatic carbocycles. The molecule has 0 spiro atoms. The Balaban J connectivity index is 1.47. The van der Waals surface area contributed by atoms with Crippen LogP contribution < -0.4 is 0 Å². The van der Waals surface area contributed by atoms with Gasteiger partial charge in [-0.05, 0) is 31.6 Å². The van der Waals surface area contributed by atoms with Gasteiger partial charge in [0.2, 0.25) is 0 Å². The minimum Gasteiger partial charge on any atom is -0.337 e. The quantitative estimate of drug-likeness (QED) is 0.866. The van der Waals surface area contributed by atoms with Crippen LogP contribution in [0.3, 0.4) is 0 Å². The van der Waals surface area contributed by atoms with Crippen LogP contribution in [0.5, 0.6) is 0 Å². The predicted molar refractivity (Wildman–Crippen MR) is 89.5 cm³/mol. The van der Waals surface area contributed by atoms with Crippen LogP contribution in [0.4, 0.5) is 0 Å². The summed E-state index contributed by atoms with van der Waals surface area (Å²) in [6, 6.07) is 0. The minimum atomic E-state index is -0.0232. The number of imidazole rings is 1. The molecule has 126 valence electrons. The molecule has 3 heterocycles. The fourth-order valence-electron chi connectivity index (χ4n) is 3.73. The Labute approximate surface area is 141 Å². The Morgan fingerprint density at radius 1 is 1.12 bits per heavy atom. The Morgan fingerprint density at radius 2 is 2.04 bits per heavy atom. The maximum absolute atomic E-state index is 12.6. The molecule has 1 amide bonds. The summed E-state index contributed by atoms with van der Waals surface area (Å²) >= 11 is 0. The fourth-order valence-corrected chi connectivity index (χ4v) is 3.73. The van der Waals surface area contributed by atoms with Crippen molar-refractivity contribution in [2.45, 2.75) is 44.6 Å². The van der Waals surface area contributed by atoms with Gasteiger partial charge in [0.1, 0.15) is 11.5 Å². The zero-order valence-electron chi connectivity index (χ0n) is 13.8. The number of nitrogens with zero attached hydrogens (tertiary/aromatic N) is 5. The molecule has 6 heteroatoms. The Kier molecular flexibility index (Phi) is 4.28. The summed E-state index contributed by atoms with van der Waals surface area (Å²) in [4.78, 5) is 27.3. The average molecular weight is 325 g/mol. The monoisotopic (exact) mass is 325 g/mol. The lowest BCUT2D eigenvalue weighted by molar-refractivity contribution is 0.0696. The molecule has 1 aliphatic heterocycles. The van der Waals surface area contributed by atoms with E-state index >= 15 is 0 Å². The zero-order valence-corrected chi connectivity index (χ0v) is 13.8. The molecule has 0 N–H and O–H groups in total. The van der Waals surface area contributed by atoms with Gasteiger partial charge in [-0.3, -0.25) is 9.78 Å². The first-order valence-electron chi connectivity index (χ1n) is 8.87. The lowest BCUT2D eigenvalue weighted by Gasteiger charge is -2.33. The Hall–Kier alpha value is -2.24. The van der Waals surface area contributed by atoms with Gasteiger partial charge in [0.15, 0.2) is 0 Å². The van der Waals surface area contributed by atoms with E-state index in [1.807, 2.05) is 11.1 Å². The van der Waals surface area contributed by atoms with Crippen LogP contribution in [-0.2, 0) is 6.54 Å². The summed E-state index contributed by atoms with van der Waals surface area (Å²) in [5.74, 6) is 2.23. The third-order valence-electron chi connectivity index (χ3n) is 5.28. The summed E-state index contributed by atoms with van der Waals surface area (Å²) in [5.41, 5.74) is 0.427. The van der Waals surface area contributed by atoms with Gasteiger partial charge in [0.05, 0.1) is 6.20 Å². The number of rotatable bonds is 4. The number of amides is 1. The first kappa shape index (κ1) is 15.3. The van der Waals surface area contributed by atoms with Gasteiger partial charge < -0.3 is 9.47 Å². The number of carbonyl (C=O) groups is 1. The van der Waals surface area contributed by atoms with E-state index in [4.69, 9.17) is 0 Å². The van der Waals surface area contributed by atoms with Crippen molar-refractivity contribution in [1.29, 1.82) is 0 Å². The molecular formula is C18H23N5O. The molecule has 6 nitrogen and oxygen atoms in total. The van der Waals surface area contributed by atoms with Crippen LogP contribution in [0.2, 0.25) is 0 Å². The van der Waals surface area contributed by atoms with Gasteiger partial charge in [-0.2, -0.15) is 0 Å². The van der Waals surface area contributed by atoms with Crippen molar-refractivity contribution < 1.29 is 4.79 Å². The highest BCUT2D eigenvalue weighted by Gasteiger charge is 2.29. The van der Waals surface area contributed by atoms with E-state index in [-0.39, 0.29) is 5.91 Å². The fraction of sp³-hybridized carbons (Fsp3) is 0.556. The molecule has 4 rings (SSSR count). The maximum atomic E-state index is 12.6. The molecule has 2 aliphatic rings. The summed E-state index contributed by atoms with van der Waals surface area (Å²) in [5, 5.41) is 0. The molecule has 0 bridgehead atoms. The average Bonchev–Trinajstić information content (AvgIpc) is 3.07. The summed E-state index contributed by atoms with van der Waals surface area (Å²) in [7, 11) is 0. The van der Waals surface area contributed by atoms with Crippen molar-refractivity contribution >= 4 is 5.91 Å². The Morgan fingerprint density at radius 3 is 2.79 bits per heavy atom. The highest BCUT2D eigenvalue weighted by atomic mass is 16.2. The number of likely N-dealkylation sites (tertiary alicyclic amines) is 1. The molecule has 2 fully saturated rings. The van der Waals surface area contributed by atoms with E-state index in [0.29, 0.717) is 11.6 Å². The highest BCUT2D eigenvalue weighted by Crippen LogP contribution is 2.31. The molecule has 1 aliphatic carbocycles. The zero-order chi connectivity index (χ0) is 16.4. The molecule has 1 atom stereocenters. The predicted octanol–water partition coefficient (Wildman–Crippen LogP) is 2.49. The van der Waals surface area contributed by atoms with E-state index < -0.39 is 0 Å². The van der Waals surface area contributed by atoms with Crippen LogP contribution in [-0.4, -0.2) is 43.4 Å². The number of carbonyl (C=O) groups excluding carboxylic acids is 1. The largest absolute Gasteiger partial charge is 0.337 e. The van der Waals surface area contributed by atoms with Crippen molar-refractivity contribution in [2.24, 2.45) is 5.92 Å². The van der Waals surface area contributed by atoms with Crippen LogP contribution in [0.15, 0.2) is 31.0 Å². The van der Waals surface area contributed by atoms with E-state index in [0.717, 1.165) is 44.2 Å². The van der Waals surface area contributed by atoms with Gasteiger partial charge in [-0.1, -0.05) is 6.42 Å². The van der Waals surface area contributed by atoms with E-state index in [2.05, 4.69) is 25.7 Å². The summed E-state index contributed by atoms with van der Waals surface area (Å²) in [6.45, 7) is 2.58. The van der Waals surface area contributed by atoms with Gasteiger partial charge in [0, 0.05) is 50.3 Å². The second-order valence-electron chi connectivity index (χ2n) is 6.92. The first-order chi connectivity index (χ1) is 11.8. The van der Waals surface area contributed by atoms with Gasteiger partial charge in [-0.25, -0.2) is 9.97 Å². The summed E-state index contributed by atoms with van der Waals surface area (Å²) < 4.78 is 2.31. The standard InChI is InChI=1S/C18H23N5O/c24-18(16-11-19-6-7-20-16)23-9-2-5-15(13-23)17-21-8-10-22(17)12-14-3-1-4-14/h6-8,10-11,14-15H,1-5,9,12-13H2/t15-/m1/s1. The van der Waals surface area contributed by atoms with Crippen LogP contribution in [0.25, 0.3) is 0 Å². The maximum Gasteiger partial charge on any atom is 0.274 e. The van der Waals surface area contributed by atoms with Gasteiger partial charge in [-0.15, -0.1) is 0 Å². The lowest BCUT2D eigenvalue weighted by Crippen LogP contribution is -2.40. The molecule has 0 radical (unpaired) electrons. The molecule has 1 saturated carbocycles. The van der Waals surface area contributed by atoms with Gasteiger partial charge >= 0.3 is 0 Å².